The van der Waals surface area contributed by atoms with Gasteiger partial charge in [0.15, 0.2) is 0 Å². The second-order valence-electron chi connectivity index (χ2n) is 1.19. The Bertz CT molecular complexity index is 329. The van der Waals surface area contributed by atoms with E-state index in [-0.39, 0.29) is 59.1 Å². The summed E-state index contributed by atoms with van der Waals surface area (Å²) < 4.78 is 61.5. The molecule has 16 heavy (non-hydrogen) atoms. The first kappa shape index (κ1) is 25.7. The van der Waals surface area contributed by atoms with E-state index in [1.165, 1.54) is 0 Å². The number of hydrogen-bond acceptors (Lipinski definition) is 10. The van der Waals surface area contributed by atoms with Gasteiger partial charge in [0, 0.05) is 0 Å². The maximum atomic E-state index is 9.37. The molecule has 12 nitrogen and oxygen atoms in total. The van der Waals surface area contributed by atoms with Gasteiger partial charge < -0.3 is 14.3 Å². The van der Waals surface area contributed by atoms with Crippen molar-refractivity contribution >= 4 is 20.8 Å². The number of nitrogens with zero attached hydrogens (tertiary/aromatic N) is 1. The molecule has 0 atom stereocenters. The van der Waals surface area contributed by atoms with E-state index in [2.05, 4.69) is 8.67 Å². The maximum Gasteiger partial charge on any atom is 1.00 e. The third-order valence-corrected chi connectivity index (χ3v) is 0.750. The van der Waals surface area contributed by atoms with Gasteiger partial charge in [-0.2, -0.15) is 0 Å². The Morgan fingerprint density at radius 1 is 0.938 bits per heavy atom. The normalized spacial score (nSPS) is 9.88. The summed E-state index contributed by atoms with van der Waals surface area (Å²) in [6, 6.07) is 0. The second kappa shape index (κ2) is 11.1. The van der Waals surface area contributed by atoms with Crippen molar-refractivity contribution in [3.05, 3.63) is 10.1 Å². The quantitative estimate of drug-likeness (QED) is 0.130. The molecule has 0 radical (unpaired) electrons. The van der Waals surface area contributed by atoms with Crippen molar-refractivity contribution in [2.75, 3.05) is 0 Å². The third-order valence-electron chi connectivity index (χ3n) is 0.194. The molecule has 0 amide bonds. The molecule has 0 aromatic rings. The summed E-state index contributed by atoms with van der Waals surface area (Å²) in [5.41, 5.74) is 0. The van der Waals surface area contributed by atoms with Gasteiger partial charge in [-0.05, 0) is 0 Å². The van der Waals surface area contributed by atoms with Crippen LogP contribution in [-0.2, 0) is 29.5 Å². The van der Waals surface area contributed by atoms with E-state index in [0.29, 0.717) is 0 Å². The van der Waals surface area contributed by atoms with Gasteiger partial charge in [-0.3, -0.25) is 0 Å². The monoisotopic (exact) mass is 301 g/mol. The molecule has 0 aliphatic rings. The van der Waals surface area contributed by atoms with E-state index >= 15 is 0 Å². The predicted octanol–water partition coefficient (Wildman–Crippen LogP) is -8.48. The average molecular weight is 301 g/mol. The summed E-state index contributed by atoms with van der Waals surface area (Å²) in [4.78, 5) is 8.36. The fourth-order valence-electron chi connectivity index (χ4n) is 0.0680. The van der Waals surface area contributed by atoms with Crippen molar-refractivity contribution in [1.82, 2.24) is 0 Å². The van der Waals surface area contributed by atoms with Crippen LogP contribution < -0.4 is 59.1 Å². The summed E-state index contributed by atoms with van der Waals surface area (Å²) in [5, 5.41) is 13.6. The Kier molecular flexibility index (Phi) is 17.8. The van der Waals surface area contributed by atoms with E-state index in [9.17, 15) is 25.9 Å². The minimum atomic E-state index is -5.31. The maximum absolute atomic E-state index is 9.37. The molecule has 0 heterocycles. The van der Waals surface area contributed by atoms with Gasteiger partial charge in [0.1, 0.15) is 0 Å². The predicted molar refractivity (Wildman–Crippen MR) is 30.3 cm³/mol. The summed E-state index contributed by atoms with van der Waals surface area (Å²) >= 11 is 0. The molecule has 1 N–H and O–H groups in total. The molecule has 0 aliphatic carbocycles. The molecule has 0 unspecified atom stereocenters. The van der Waals surface area contributed by atoms with Crippen LogP contribution in [0, 0.1) is 10.1 Å². The molecule has 0 saturated carbocycles. The van der Waals surface area contributed by atoms with Crippen molar-refractivity contribution in [2.45, 2.75) is 0 Å². The molecule has 16 heteroatoms. The first-order valence-corrected chi connectivity index (χ1v) is 4.73. The molecular formula is HNNa2O11S2. The molecule has 86 valence electrons. The SMILES string of the molecule is O=S(=O)([O-])OOS(=O)(=O)[O-].O=[N+]([O-])O.[Na+].[Na+]. The Labute approximate surface area is 133 Å². The Morgan fingerprint density at radius 3 is 1.12 bits per heavy atom. The average Bonchev–Trinajstić information content (AvgIpc) is 1.79. The van der Waals surface area contributed by atoms with Crippen LogP contribution >= 0.6 is 0 Å². The summed E-state index contributed by atoms with van der Waals surface area (Å²) in [7, 11) is -10.6. The van der Waals surface area contributed by atoms with Gasteiger partial charge in [0.05, 0.1) is 0 Å². The van der Waals surface area contributed by atoms with Gasteiger partial charge in [0.25, 0.3) is 5.09 Å². The molecule has 0 saturated heterocycles. The van der Waals surface area contributed by atoms with E-state index in [0.717, 1.165) is 0 Å². The fraction of sp³-hybridized carbons (Fsp3) is 0. The van der Waals surface area contributed by atoms with Crippen LogP contribution in [-0.4, -0.2) is 36.2 Å². The van der Waals surface area contributed by atoms with Gasteiger partial charge in [0.2, 0.25) is 20.8 Å². The standard InChI is InChI=1S/HNO3.2Na.H2O8S2/c2-1(3)4;;;1-9(2,3)7-8-10(4,5)6/h(H,2,3,4);;;(H,1,2,3)(H,4,5,6)/q;2*+1;/p-2. The topological polar surface area (TPSA) is 196 Å². The van der Waals surface area contributed by atoms with Crippen LogP contribution in [0.2, 0.25) is 0 Å². The first-order valence-electron chi connectivity index (χ1n) is 2.07. The molecule has 0 aliphatic heterocycles. The van der Waals surface area contributed by atoms with Crippen molar-refractivity contribution in [3.63, 3.8) is 0 Å². The van der Waals surface area contributed by atoms with Crippen molar-refractivity contribution in [1.29, 1.82) is 0 Å². The van der Waals surface area contributed by atoms with Crippen LogP contribution in [0.4, 0.5) is 0 Å². The van der Waals surface area contributed by atoms with E-state index in [1.807, 2.05) is 0 Å². The van der Waals surface area contributed by atoms with Crippen LogP contribution in [0.3, 0.4) is 0 Å². The van der Waals surface area contributed by atoms with Gasteiger partial charge in [-0.15, -0.1) is 18.8 Å². The molecule has 0 fully saturated rings. The number of hydrogen-bond donors (Lipinski definition) is 1. The smallest absolute Gasteiger partial charge is 0.724 e. The molecule has 0 bridgehead atoms. The van der Waals surface area contributed by atoms with Crippen LogP contribution in [0.25, 0.3) is 0 Å². The summed E-state index contributed by atoms with van der Waals surface area (Å²) in [6.07, 6.45) is 0. The van der Waals surface area contributed by atoms with Crippen LogP contribution in [0.1, 0.15) is 0 Å². The van der Waals surface area contributed by atoms with Crippen LogP contribution in [0.5, 0.6) is 0 Å². The summed E-state index contributed by atoms with van der Waals surface area (Å²) in [5.74, 6) is 0. The third kappa shape index (κ3) is 46.1. The van der Waals surface area contributed by atoms with Crippen LogP contribution in [0.15, 0.2) is 0 Å². The molecule has 0 rings (SSSR count). The zero-order valence-electron chi connectivity index (χ0n) is 7.79. The number of rotatable bonds is 3. The zero-order valence-corrected chi connectivity index (χ0v) is 13.4. The second-order valence-corrected chi connectivity index (χ2v) is 3.10. The Hall–Kier alpha value is 0.940. The first-order chi connectivity index (χ1) is 5.94. The van der Waals surface area contributed by atoms with Gasteiger partial charge >= 0.3 is 59.1 Å². The zero-order chi connectivity index (χ0) is 12.0. The van der Waals surface area contributed by atoms with Crippen molar-refractivity contribution in [2.24, 2.45) is 0 Å². The molecular weight excluding hydrogens is 300 g/mol. The molecule has 0 spiro atoms. The van der Waals surface area contributed by atoms with E-state index < -0.39 is 25.9 Å². The molecule has 0 aromatic heterocycles. The largest absolute Gasteiger partial charge is 1.00 e. The van der Waals surface area contributed by atoms with E-state index in [1.54, 1.807) is 0 Å². The van der Waals surface area contributed by atoms with E-state index in [4.69, 9.17) is 15.3 Å². The van der Waals surface area contributed by atoms with Gasteiger partial charge in [-0.25, -0.2) is 16.8 Å². The fourth-order valence-corrected chi connectivity index (χ4v) is 0.612. The van der Waals surface area contributed by atoms with Crippen molar-refractivity contribution < 1.29 is 104 Å². The molecule has 0 aromatic carbocycles. The Morgan fingerprint density at radius 2 is 1.06 bits per heavy atom. The van der Waals surface area contributed by atoms with Gasteiger partial charge in [-0.1, -0.05) is 0 Å². The summed E-state index contributed by atoms with van der Waals surface area (Å²) in [6.45, 7) is 0. The Balaban J connectivity index is -0.000000105. The minimum Gasteiger partial charge on any atom is -0.724 e. The van der Waals surface area contributed by atoms with Crippen molar-refractivity contribution in [3.8, 4) is 0 Å². The minimum absolute atomic E-state index is 0.